The highest BCUT2D eigenvalue weighted by Crippen LogP contribution is 2.28. The van der Waals surface area contributed by atoms with Crippen LogP contribution in [0.15, 0.2) is 12.3 Å². The number of aryl methyl sites for hydroxylation is 1. The summed E-state index contributed by atoms with van der Waals surface area (Å²) in [5, 5.41) is 3.80. The molecule has 0 aromatic carbocycles. The molecule has 2 aromatic heterocycles. The van der Waals surface area contributed by atoms with E-state index in [0.29, 0.717) is 17.9 Å². The summed E-state index contributed by atoms with van der Waals surface area (Å²) in [7, 11) is 0. The van der Waals surface area contributed by atoms with Gasteiger partial charge in [-0.05, 0) is 33.6 Å². The van der Waals surface area contributed by atoms with Crippen LogP contribution in [0.1, 0.15) is 32.9 Å². The van der Waals surface area contributed by atoms with Crippen molar-refractivity contribution in [2.24, 2.45) is 0 Å². The number of aromatic nitrogens is 3. The lowest BCUT2D eigenvalue weighted by molar-refractivity contribution is 0.0577. The maximum Gasteiger partial charge on any atom is 0.414 e. The van der Waals surface area contributed by atoms with Gasteiger partial charge in [0, 0.05) is 12.6 Å². The van der Waals surface area contributed by atoms with Crippen molar-refractivity contribution in [2.75, 3.05) is 11.4 Å². The number of fused-ring (bicyclic) bond motifs is 3. The highest BCUT2D eigenvalue weighted by Gasteiger charge is 2.29. The number of rotatable bonds is 0. The van der Waals surface area contributed by atoms with E-state index in [0.717, 1.165) is 18.5 Å². The minimum atomic E-state index is -0.578. The lowest BCUT2D eigenvalue weighted by Crippen LogP contribution is -2.40. The molecule has 2 aromatic rings. The van der Waals surface area contributed by atoms with Gasteiger partial charge in [0.15, 0.2) is 5.65 Å². The SMILES string of the molecule is CC(C)(C)OC(=O)N1CCCc2c1cnc1cc(F)nn21. The molecule has 0 aliphatic carbocycles. The van der Waals surface area contributed by atoms with E-state index >= 15 is 0 Å². The molecule has 0 saturated carbocycles. The molecule has 3 rings (SSSR count). The molecular weight excluding hydrogens is 275 g/mol. The van der Waals surface area contributed by atoms with Gasteiger partial charge in [-0.2, -0.15) is 4.39 Å². The number of hydrogen-bond donors (Lipinski definition) is 0. The number of hydrogen-bond acceptors (Lipinski definition) is 4. The zero-order chi connectivity index (χ0) is 15.2. The van der Waals surface area contributed by atoms with E-state index < -0.39 is 17.6 Å². The third kappa shape index (κ3) is 2.55. The topological polar surface area (TPSA) is 59.7 Å². The van der Waals surface area contributed by atoms with Gasteiger partial charge in [0.05, 0.1) is 17.6 Å². The summed E-state index contributed by atoms with van der Waals surface area (Å²) in [4.78, 5) is 18.0. The normalized spacial score (nSPS) is 15.1. The molecule has 0 fully saturated rings. The molecule has 21 heavy (non-hydrogen) atoms. The minimum Gasteiger partial charge on any atom is -0.443 e. The Hall–Kier alpha value is -2.18. The van der Waals surface area contributed by atoms with Gasteiger partial charge in [-0.3, -0.25) is 4.90 Å². The predicted octanol–water partition coefficient (Wildman–Crippen LogP) is 2.56. The third-order valence-electron chi connectivity index (χ3n) is 3.23. The van der Waals surface area contributed by atoms with Crippen molar-refractivity contribution in [2.45, 2.75) is 39.2 Å². The molecule has 1 amide bonds. The number of carbonyl (C=O) groups is 1. The van der Waals surface area contributed by atoms with E-state index in [4.69, 9.17) is 4.74 Å². The summed E-state index contributed by atoms with van der Waals surface area (Å²) in [5.41, 5.74) is 1.29. The average Bonchev–Trinajstić information content (AvgIpc) is 2.76. The highest BCUT2D eigenvalue weighted by atomic mass is 19.1. The van der Waals surface area contributed by atoms with Crippen molar-refractivity contribution in [1.82, 2.24) is 14.6 Å². The van der Waals surface area contributed by atoms with Crippen LogP contribution >= 0.6 is 0 Å². The number of amides is 1. The maximum atomic E-state index is 13.3. The van der Waals surface area contributed by atoms with E-state index in [-0.39, 0.29) is 0 Å². The fourth-order valence-corrected chi connectivity index (χ4v) is 2.44. The standard InChI is InChI=1S/C14H17FN4O2/c1-14(2,3)21-13(20)18-6-4-5-9-10(18)8-16-12-7-11(15)17-19(9)12/h7-8H,4-6H2,1-3H3. The Morgan fingerprint density at radius 1 is 1.43 bits per heavy atom. The summed E-state index contributed by atoms with van der Waals surface area (Å²) in [6.45, 7) is 6.01. The first kappa shape index (κ1) is 13.8. The van der Waals surface area contributed by atoms with Crippen LogP contribution in [0.25, 0.3) is 5.65 Å². The maximum absolute atomic E-state index is 13.3. The molecule has 0 unspecified atom stereocenters. The summed E-state index contributed by atoms with van der Waals surface area (Å²) in [6, 6.07) is 1.27. The van der Waals surface area contributed by atoms with Crippen molar-refractivity contribution < 1.29 is 13.9 Å². The molecule has 3 heterocycles. The van der Waals surface area contributed by atoms with Crippen molar-refractivity contribution in [3.63, 3.8) is 0 Å². The predicted molar refractivity (Wildman–Crippen MR) is 74.8 cm³/mol. The second kappa shape index (κ2) is 4.68. The first-order chi connectivity index (χ1) is 9.85. The van der Waals surface area contributed by atoms with Crippen molar-refractivity contribution in [1.29, 1.82) is 0 Å². The molecular formula is C14H17FN4O2. The number of carbonyl (C=O) groups excluding carboxylic acids is 1. The monoisotopic (exact) mass is 292 g/mol. The Morgan fingerprint density at radius 2 is 2.19 bits per heavy atom. The number of nitrogens with zero attached hydrogens (tertiary/aromatic N) is 4. The Balaban J connectivity index is 2.02. The van der Waals surface area contributed by atoms with E-state index in [1.54, 1.807) is 6.20 Å². The van der Waals surface area contributed by atoms with Gasteiger partial charge in [0.2, 0.25) is 5.95 Å². The highest BCUT2D eigenvalue weighted by molar-refractivity contribution is 5.89. The van der Waals surface area contributed by atoms with Crippen LogP contribution in [0.2, 0.25) is 0 Å². The average molecular weight is 292 g/mol. The van der Waals surface area contributed by atoms with Gasteiger partial charge < -0.3 is 4.74 Å². The molecule has 0 atom stereocenters. The lowest BCUT2D eigenvalue weighted by Gasteiger charge is -2.31. The van der Waals surface area contributed by atoms with Gasteiger partial charge in [-0.15, -0.1) is 5.10 Å². The van der Waals surface area contributed by atoms with Crippen LogP contribution in [-0.4, -0.2) is 32.8 Å². The van der Waals surface area contributed by atoms with E-state index in [9.17, 15) is 9.18 Å². The van der Waals surface area contributed by atoms with Gasteiger partial charge in [0.1, 0.15) is 5.60 Å². The van der Waals surface area contributed by atoms with Crippen molar-refractivity contribution >= 4 is 17.4 Å². The zero-order valence-corrected chi connectivity index (χ0v) is 12.3. The molecule has 0 radical (unpaired) electrons. The summed E-state index contributed by atoms with van der Waals surface area (Å²) in [6.07, 6.45) is 2.65. The van der Waals surface area contributed by atoms with Crippen LogP contribution in [0.4, 0.5) is 14.9 Å². The molecule has 1 aliphatic heterocycles. The Kier molecular flexibility index (Phi) is 3.07. The number of anilines is 1. The summed E-state index contributed by atoms with van der Waals surface area (Å²) >= 11 is 0. The second-order valence-corrected chi connectivity index (χ2v) is 6.06. The van der Waals surface area contributed by atoms with Gasteiger partial charge >= 0.3 is 6.09 Å². The summed E-state index contributed by atoms with van der Waals surface area (Å²) in [5.74, 6) is -0.578. The number of ether oxygens (including phenoxy) is 1. The van der Waals surface area contributed by atoms with Crippen molar-refractivity contribution in [3.05, 3.63) is 23.9 Å². The van der Waals surface area contributed by atoms with Crippen LogP contribution in [0.3, 0.4) is 0 Å². The molecule has 112 valence electrons. The zero-order valence-electron chi connectivity index (χ0n) is 12.3. The Morgan fingerprint density at radius 3 is 2.90 bits per heavy atom. The largest absolute Gasteiger partial charge is 0.443 e. The van der Waals surface area contributed by atoms with Crippen LogP contribution in [0, 0.1) is 5.95 Å². The first-order valence-corrected chi connectivity index (χ1v) is 6.89. The molecule has 6 nitrogen and oxygen atoms in total. The van der Waals surface area contributed by atoms with Gasteiger partial charge in [-0.1, -0.05) is 0 Å². The smallest absolute Gasteiger partial charge is 0.414 e. The molecule has 7 heteroatoms. The van der Waals surface area contributed by atoms with Crippen molar-refractivity contribution in [3.8, 4) is 0 Å². The minimum absolute atomic E-state index is 0.419. The molecule has 0 spiro atoms. The molecule has 1 aliphatic rings. The van der Waals surface area contributed by atoms with Gasteiger partial charge in [0.25, 0.3) is 0 Å². The van der Waals surface area contributed by atoms with E-state index in [2.05, 4.69) is 10.1 Å². The van der Waals surface area contributed by atoms with Crippen LogP contribution in [0.5, 0.6) is 0 Å². The van der Waals surface area contributed by atoms with Crippen LogP contribution in [-0.2, 0) is 11.2 Å². The summed E-state index contributed by atoms with van der Waals surface area (Å²) < 4.78 is 20.2. The Bertz CT molecular complexity index is 705. The fraction of sp³-hybridized carbons (Fsp3) is 0.500. The molecule has 0 saturated heterocycles. The first-order valence-electron chi connectivity index (χ1n) is 6.89. The third-order valence-corrected chi connectivity index (χ3v) is 3.23. The van der Waals surface area contributed by atoms with Gasteiger partial charge in [-0.25, -0.2) is 14.3 Å². The lowest BCUT2D eigenvalue weighted by atomic mass is 10.1. The fourth-order valence-electron chi connectivity index (χ4n) is 2.44. The second-order valence-electron chi connectivity index (χ2n) is 6.06. The Labute approximate surface area is 121 Å². The molecule has 0 N–H and O–H groups in total. The van der Waals surface area contributed by atoms with E-state index in [1.165, 1.54) is 15.5 Å². The van der Waals surface area contributed by atoms with Crippen LogP contribution < -0.4 is 4.90 Å². The van der Waals surface area contributed by atoms with E-state index in [1.807, 2.05) is 20.8 Å². The quantitative estimate of drug-likeness (QED) is 0.748. The molecule has 0 bridgehead atoms. The number of halogens is 1.